The topological polar surface area (TPSA) is 49.7 Å². The molecule has 6 heteroatoms. The second-order valence-corrected chi connectivity index (χ2v) is 6.77. The van der Waals surface area contributed by atoms with Gasteiger partial charge >= 0.3 is 0 Å². The summed E-state index contributed by atoms with van der Waals surface area (Å²) in [6.07, 6.45) is 7.12. The van der Waals surface area contributed by atoms with E-state index in [9.17, 15) is 0 Å². The molecular formula is C19H20ClN5. The third-order valence-corrected chi connectivity index (χ3v) is 4.94. The number of hydrogen-bond donors (Lipinski definition) is 1. The molecule has 0 saturated heterocycles. The van der Waals surface area contributed by atoms with Crippen molar-refractivity contribution in [3.63, 3.8) is 0 Å². The van der Waals surface area contributed by atoms with E-state index < -0.39 is 0 Å². The number of H-pyrrole nitrogens is 1. The van der Waals surface area contributed by atoms with E-state index in [1.54, 1.807) is 0 Å². The predicted molar refractivity (Wildman–Crippen MR) is 100 cm³/mol. The highest BCUT2D eigenvalue weighted by Gasteiger charge is 2.17. The molecule has 1 N–H and O–H groups in total. The summed E-state index contributed by atoms with van der Waals surface area (Å²) in [6, 6.07) is 9.94. The maximum absolute atomic E-state index is 5.99. The molecule has 0 unspecified atom stereocenters. The molecule has 4 rings (SSSR count). The summed E-state index contributed by atoms with van der Waals surface area (Å²) in [6.45, 7) is 2.84. The Balaban J connectivity index is 1.48. The Morgan fingerprint density at radius 2 is 2.04 bits per heavy atom. The molecule has 1 aromatic carbocycles. The van der Waals surface area contributed by atoms with Crippen molar-refractivity contribution in [2.45, 2.75) is 13.0 Å². The van der Waals surface area contributed by atoms with Gasteiger partial charge in [-0.2, -0.15) is 10.2 Å². The van der Waals surface area contributed by atoms with Crippen molar-refractivity contribution < 1.29 is 0 Å². The lowest BCUT2D eigenvalue weighted by molar-refractivity contribution is 0.294. The van der Waals surface area contributed by atoms with E-state index in [4.69, 9.17) is 11.6 Å². The van der Waals surface area contributed by atoms with Crippen LogP contribution in [-0.2, 0) is 13.6 Å². The highest BCUT2D eigenvalue weighted by molar-refractivity contribution is 6.30. The molecule has 3 aromatic rings. The average Bonchev–Trinajstić information content (AvgIpc) is 3.25. The van der Waals surface area contributed by atoms with E-state index >= 15 is 0 Å². The van der Waals surface area contributed by atoms with Gasteiger partial charge in [0.1, 0.15) is 0 Å². The lowest BCUT2D eigenvalue weighted by atomic mass is 10.0. The van der Waals surface area contributed by atoms with Crippen LogP contribution in [0, 0.1) is 0 Å². The molecule has 2 aromatic heterocycles. The second-order valence-electron chi connectivity index (χ2n) is 6.33. The van der Waals surface area contributed by atoms with E-state index in [2.05, 4.69) is 32.3 Å². The molecule has 128 valence electrons. The van der Waals surface area contributed by atoms with E-state index in [1.807, 2.05) is 48.4 Å². The van der Waals surface area contributed by atoms with Crippen LogP contribution < -0.4 is 0 Å². The molecule has 0 amide bonds. The zero-order chi connectivity index (χ0) is 17.2. The summed E-state index contributed by atoms with van der Waals surface area (Å²) < 4.78 is 1.94. The van der Waals surface area contributed by atoms with E-state index in [1.165, 1.54) is 16.8 Å². The molecule has 0 bridgehead atoms. The van der Waals surface area contributed by atoms with Crippen LogP contribution >= 0.6 is 11.6 Å². The molecule has 25 heavy (non-hydrogen) atoms. The molecule has 1 aliphatic rings. The predicted octanol–water partition coefficient (Wildman–Crippen LogP) is 3.75. The number of rotatable bonds is 4. The Morgan fingerprint density at radius 3 is 2.72 bits per heavy atom. The van der Waals surface area contributed by atoms with Gasteiger partial charge in [0.15, 0.2) is 0 Å². The van der Waals surface area contributed by atoms with Crippen molar-refractivity contribution in [2.75, 3.05) is 13.1 Å². The molecule has 0 saturated carbocycles. The van der Waals surface area contributed by atoms with Crippen LogP contribution in [0.1, 0.15) is 17.7 Å². The highest BCUT2D eigenvalue weighted by atomic mass is 35.5. The van der Waals surface area contributed by atoms with Crippen LogP contribution in [0.4, 0.5) is 0 Å². The Labute approximate surface area is 151 Å². The number of aromatic amines is 1. The van der Waals surface area contributed by atoms with Crippen molar-refractivity contribution >= 4 is 17.2 Å². The zero-order valence-corrected chi connectivity index (χ0v) is 14.9. The normalized spacial score (nSPS) is 15.4. The molecule has 3 heterocycles. The summed E-state index contributed by atoms with van der Waals surface area (Å²) in [7, 11) is 1.99. The first-order valence-electron chi connectivity index (χ1n) is 8.38. The standard InChI is InChI=1S/C19H20ClN5/c1-24-18(6-9-22-24)14-7-10-25(11-8-14)13-16-12-21-23-19(16)15-2-4-17(20)5-3-15/h2-7,9,12H,8,10-11,13H2,1H3,(H,21,23). The summed E-state index contributed by atoms with van der Waals surface area (Å²) in [4.78, 5) is 2.43. The lowest BCUT2D eigenvalue weighted by Crippen LogP contribution is -2.28. The third kappa shape index (κ3) is 3.38. The van der Waals surface area contributed by atoms with Crippen molar-refractivity contribution in [1.82, 2.24) is 24.9 Å². The lowest BCUT2D eigenvalue weighted by Gasteiger charge is -2.26. The van der Waals surface area contributed by atoms with Gasteiger partial charge in [-0.05, 0) is 35.8 Å². The van der Waals surface area contributed by atoms with E-state index in [0.29, 0.717) is 0 Å². The fraction of sp³-hybridized carbons (Fsp3) is 0.263. The number of aromatic nitrogens is 4. The SMILES string of the molecule is Cn1nccc1C1=CCN(Cc2cn[nH]c2-c2ccc(Cl)cc2)CC1. The van der Waals surface area contributed by atoms with Crippen molar-refractivity contribution in [1.29, 1.82) is 0 Å². The zero-order valence-electron chi connectivity index (χ0n) is 14.1. The van der Waals surface area contributed by atoms with Gasteiger partial charge in [0.25, 0.3) is 0 Å². The minimum absolute atomic E-state index is 0.744. The number of nitrogens with one attached hydrogen (secondary N) is 1. The summed E-state index contributed by atoms with van der Waals surface area (Å²) in [5.74, 6) is 0. The minimum Gasteiger partial charge on any atom is -0.295 e. The molecule has 0 radical (unpaired) electrons. The van der Waals surface area contributed by atoms with Crippen LogP contribution in [-0.4, -0.2) is 38.0 Å². The van der Waals surface area contributed by atoms with Crippen LogP contribution in [0.25, 0.3) is 16.8 Å². The summed E-state index contributed by atoms with van der Waals surface area (Å²) in [5.41, 5.74) is 5.98. The Morgan fingerprint density at radius 1 is 1.20 bits per heavy atom. The van der Waals surface area contributed by atoms with Crippen molar-refractivity contribution in [2.24, 2.45) is 7.05 Å². The van der Waals surface area contributed by atoms with Crippen LogP contribution in [0.5, 0.6) is 0 Å². The first kappa shape index (κ1) is 16.1. The summed E-state index contributed by atoms with van der Waals surface area (Å²) >= 11 is 5.99. The number of nitrogens with zero attached hydrogens (tertiary/aromatic N) is 4. The average molecular weight is 354 g/mol. The molecular weight excluding hydrogens is 334 g/mol. The second kappa shape index (κ2) is 6.86. The van der Waals surface area contributed by atoms with Gasteiger partial charge in [0.05, 0.1) is 17.6 Å². The van der Waals surface area contributed by atoms with Crippen molar-refractivity contribution in [3.8, 4) is 11.3 Å². The van der Waals surface area contributed by atoms with Gasteiger partial charge in [0.2, 0.25) is 0 Å². The van der Waals surface area contributed by atoms with Crippen LogP contribution in [0.3, 0.4) is 0 Å². The smallest absolute Gasteiger partial charge is 0.0695 e. The van der Waals surface area contributed by atoms with Gasteiger partial charge in [-0.3, -0.25) is 14.7 Å². The maximum atomic E-state index is 5.99. The van der Waals surface area contributed by atoms with Gasteiger partial charge in [-0.15, -0.1) is 0 Å². The molecule has 0 aliphatic carbocycles. The Kier molecular flexibility index (Phi) is 4.42. The minimum atomic E-state index is 0.744. The van der Waals surface area contributed by atoms with Gasteiger partial charge in [-0.1, -0.05) is 29.8 Å². The van der Waals surface area contributed by atoms with E-state index in [-0.39, 0.29) is 0 Å². The fourth-order valence-corrected chi connectivity index (χ4v) is 3.44. The first-order chi connectivity index (χ1) is 12.2. The van der Waals surface area contributed by atoms with Crippen LogP contribution in [0.15, 0.2) is 48.8 Å². The number of halogens is 1. The number of hydrogen-bond acceptors (Lipinski definition) is 3. The number of benzene rings is 1. The van der Waals surface area contributed by atoms with Gasteiger partial charge < -0.3 is 0 Å². The maximum Gasteiger partial charge on any atom is 0.0695 e. The largest absolute Gasteiger partial charge is 0.295 e. The first-order valence-corrected chi connectivity index (χ1v) is 8.76. The van der Waals surface area contributed by atoms with Crippen molar-refractivity contribution in [3.05, 3.63) is 65.1 Å². The monoisotopic (exact) mass is 353 g/mol. The molecule has 0 fully saturated rings. The quantitative estimate of drug-likeness (QED) is 0.777. The molecule has 0 atom stereocenters. The molecule has 0 spiro atoms. The summed E-state index contributed by atoms with van der Waals surface area (Å²) in [5, 5.41) is 12.4. The fourth-order valence-electron chi connectivity index (χ4n) is 3.31. The highest BCUT2D eigenvalue weighted by Crippen LogP contribution is 2.26. The molecule has 1 aliphatic heterocycles. The Bertz CT molecular complexity index is 891. The third-order valence-electron chi connectivity index (χ3n) is 4.69. The Hall–Kier alpha value is -2.37. The van der Waals surface area contributed by atoms with Gasteiger partial charge in [-0.25, -0.2) is 0 Å². The number of aryl methyl sites for hydroxylation is 1. The van der Waals surface area contributed by atoms with E-state index in [0.717, 1.165) is 42.3 Å². The van der Waals surface area contributed by atoms with Gasteiger partial charge in [0, 0.05) is 43.5 Å². The molecule has 5 nitrogen and oxygen atoms in total. The van der Waals surface area contributed by atoms with Crippen LogP contribution in [0.2, 0.25) is 5.02 Å².